The van der Waals surface area contributed by atoms with Crippen molar-refractivity contribution in [2.45, 2.75) is 38.1 Å². The van der Waals surface area contributed by atoms with E-state index in [9.17, 15) is 9.18 Å². The number of anilines is 2. The van der Waals surface area contributed by atoms with Gasteiger partial charge in [0.05, 0.1) is 11.6 Å². The van der Waals surface area contributed by atoms with Crippen LogP contribution in [-0.4, -0.2) is 14.8 Å². The van der Waals surface area contributed by atoms with Gasteiger partial charge in [-0.3, -0.25) is 9.48 Å². The maximum Gasteiger partial charge on any atom is 0.261 e. The van der Waals surface area contributed by atoms with Crippen molar-refractivity contribution in [2.24, 2.45) is 0 Å². The van der Waals surface area contributed by atoms with Crippen molar-refractivity contribution in [3.63, 3.8) is 0 Å². The van der Waals surface area contributed by atoms with E-state index in [0.29, 0.717) is 22.9 Å². The summed E-state index contributed by atoms with van der Waals surface area (Å²) in [4.78, 5) is 15.0. The molecule has 0 amide bonds. The van der Waals surface area contributed by atoms with Gasteiger partial charge < -0.3 is 10.3 Å². The Bertz CT molecular complexity index is 907. The van der Waals surface area contributed by atoms with Crippen LogP contribution in [-0.2, 0) is 0 Å². The van der Waals surface area contributed by atoms with Gasteiger partial charge in [0.2, 0.25) is 0 Å². The van der Waals surface area contributed by atoms with E-state index in [1.165, 1.54) is 31.4 Å². The molecule has 2 heterocycles. The molecule has 1 fully saturated rings. The molecular weight excluding hydrogens is 307 g/mol. The first-order valence-electron chi connectivity index (χ1n) is 8.35. The zero-order valence-corrected chi connectivity index (χ0v) is 13.3. The second-order valence-electron chi connectivity index (χ2n) is 6.28. The molecule has 0 aliphatic heterocycles. The van der Waals surface area contributed by atoms with E-state index in [2.05, 4.69) is 15.4 Å². The minimum atomic E-state index is -0.295. The number of aromatic amines is 1. The highest BCUT2D eigenvalue weighted by Gasteiger charge is 2.21. The van der Waals surface area contributed by atoms with Crippen LogP contribution in [0.5, 0.6) is 0 Å². The molecule has 2 aromatic heterocycles. The van der Waals surface area contributed by atoms with Crippen LogP contribution >= 0.6 is 0 Å². The quantitative estimate of drug-likeness (QED) is 0.761. The highest BCUT2D eigenvalue weighted by atomic mass is 19.1. The van der Waals surface area contributed by atoms with E-state index in [4.69, 9.17) is 0 Å². The monoisotopic (exact) mass is 326 g/mol. The maximum atomic E-state index is 13.1. The van der Waals surface area contributed by atoms with Crippen molar-refractivity contribution in [3.05, 3.63) is 52.7 Å². The van der Waals surface area contributed by atoms with E-state index in [-0.39, 0.29) is 11.4 Å². The Kier molecular flexibility index (Phi) is 3.80. The number of fused-ring (bicyclic) bond motifs is 1. The lowest BCUT2D eigenvalue weighted by Gasteiger charge is -2.22. The number of H-pyrrole nitrogens is 1. The van der Waals surface area contributed by atoms with Gasteiger partial charge in [0.25, 0.3) is 5.56 Å². The largest absolute Gasteiger partial charge is 0.338 e. The Morgan fingerprint density at radius 2 is 1.88 bits per heavy atom. The molecule has 3 aromatic rings. The fourth-order valence-electron chi connectivity index (χ4n) is 3.46. The molecule has 0 bridgehead atoms. The predicted molar refractivity (Wildman–Crippen MR) is 92.2 cm³/mol. The van der Waals surface area contributed by atoms with E-state index >= 15 is 0 Å². The van der Waals surface area contributed by atoms with E-state index in [1.54, 1.807) is 18.3 Å². The molecule has 1 aliphatic carbocycles. The second-order valence-corrected chi connectivity index (χ2v) is 6.28. The fraction of sp³-hybridized carbons (Fsp3) is 0.333. The molecule has 24 heavy (non-hydrogen) atoms. The van der Waals surface area contributed by atoms with E-state index in [0.717, 1.165) is 18.4 Å². The van der Waals surface area contributed by atoms with Gasteiger partial charge in [-0.2, -0.15) is 5.10 Å². The molecular formula is C18H19FN4O. The van der Waals surface area contributed by atoms with Gasteiger partial charge in [-0.15, -0.1) is 0 Å². The highest BCUT2D eigenvalue weighted by Crippen LogP contribution is 2.32. The van der Waals surface area contributed by atoms with Gasteiger partial charge in [-0.1, -0.05) is 19.3 Å². The van der Waals surface area contributed by atoms with Crippen molar-refractivity contribution in [3.8, 4) is 0 Å². The molecule has 2 N–H and O–H groups in total. The van der Waals surface area contributed by atoms with Crippen molar-refractivity contribution < 1.29 is 4.39 Å². The summed E-state index contributed by atoms with van der Waals surface area (Å²) in [5.41, 5.74) is 1.38. The smallest absolute Gasteiger partial charge is 0.261 e. The Balaban J connectivity index is 1.79. The Labute approximate surface area is 138 Å². The first kappa shape index (κ1) is 14.9. The fourth-order valence-corrected chi connectivity index (χ4v) is 3.46. The van der Waals surface area contributed by atoms with Gasteiger partial charge in [0, 0.05) is 11.9 Å². The summed E-state index contributed by atoms with van der Waals surface area (Å²) < 4.78 is 15.1. The summed E-state index contributed by atoms with van der Waals surface area (Å²) in [6.07, 6.45) is 7.47. The third-order valence-corrected chi connectivity index (χ3v) is 4.66. The number of halogens is 1. The molecule has 124 valence electrons. The average molecular weight is 326 g/mol. The molecule has 1 aromatic carbocycles. The predicted octanol–water partition coefficient (Wildman–Crippen LogP) is 4.11. The molecule has 1 aliphatic rings. The molecule has 0 radical (unpaired) electrons. The van der Waals surface area contributed by atoms with Gasteiger partial charge in [-0.25, -0.2) is 4.39 Å². The first-order valence-corrected chi connectivity index (χ1v) is 8.35. The first-order chi connectivity index (χ1) is 11.7. The van der Waals surface area contributed by atoms with Crippen LogP contribution in [0.2, 0.25) is 0 Å². The molecule has 6 heteroatoms. The van der Waals surface area contributed by atoms with Crippen LogP contribution in [0.3, 0.4) is 0 Å². The summed E-state index contributed by atoms with van der Waals surface area (Å²) >= 11 is 0. The summed E-state index contributed by atoms with van der Waals surface area (Å²) in [6.45, 7) is 0. The SMILES string of the molecule is O=c1[nH]ccc2c1c(Nc1ccc(F)cc1)nn2C1CCCCC1. The molecule has 0 spiro atoms. The van der Waals surface area contributed by atoms with Gasteiger partial charge in [0.1, 0.15) is 11.2 Å². The number of pyridine rings is 1. The molecule has 5 nitrogen and oxygen atoms in total. The third-order valence-electron chi connectivity index (χ3n) is 4.66. The minimum absolute atomic E-state index is 0.167. The number of hydrogen-bond acceptors (Lipinski definition) is 3. The standard InChI is InChI=1S/C18H19FN4O/c19-12-6-8-13(9-7-12)21-17-16-15(10-11-20-18(16)24)23(22-17)14-4-2-1-3-5-14/h6-11,14H,1-5H2,(H,20,24)(H,21,22). The normalized spacial score (nSPS) is 15.7. The number of aromatic nitrogens is 3. The van der Waals surface area contributed by atoms with Crippen molar-refractivity contribution in [1.29, 1.82) is 0 Å². The van der Waals surface area contributed by atoms with Gasteiger partial charge in [-0.05, 0) is 43.2 Å². The van der Waals surface area contributed by atoms with Crippen molar-refractivity contribution in [2.75, 3.05) is 5.32 Å². The zero-order valence-electron chi connectivity index (χ0n) is 13.3. The lowest BCUT2D eigenvalue weighted by molar-refractivity contribution is 0.338. The number of nitrogens with one attached hydrogen (secondary N) is 2. The number of rotatable bonds is 3. The highest BCUT2D eigenvalue weighted by molar-refractivity contribution is 5.91. The van der Waals surface area contributed by atoms with E-state index in [1.807, 2.05) is 10.7 Å². The Morgan fingerprint density at radius 1 is 1.12 bits per heavy atom. The van der Waals surface area contributed by atoms with Gasteiger partial charge in [0.15, 0.2) is 5.82 Å². The lowest BCUT2D eigenvalue weighted by atomic mass is 9.95. The topological polar surface area (TPSA) is 62.7 Å². The third kappa shape index (κ3) is 2.68. The number of benzene rings is 1. The van der Waals surface area contributed by atoms with E-state index < -0.39 is 0 Å². The molecule has 0 saturated heterocycles. The maximum absolute atomic E-state index is 13.1. The van der Waals surface area contributed by atoms with Crippen LogP contribution in [0.15, 0.2) is 41.3 Å². The summed E-state index contributed by atoms with van der Waals surface area (Å²) in [7, 11) is 0. The number of hydrogen-bond donors (Lipinski definition) is 2. The van der Waals surface area contributed by atoms with Crippen LogP contribution in [0, 0.1) is 5.82 Å². The molecule has 1 saturated carbocycles. The van der Waals surface area contributed by atoms with Crippen LogP contribution in [0.25, 0.3) is 10.9 Å². The van der Waals surface area contributed by atoms with Crippen molar-refractivity contribution >= 4 is 22.4 Å². The summed E-state index contributed by atoms with van der Waals surface area (Å²) in [6, 6.07) is 8.26. The Hall–Kier alpha value is -2.63. The lowest BCUT2D eigenvalue weighted by Crippen LogP contribution is -2.14. The molecule has 4 rings (SSSR count). The minimum Gasteiger partial charge on any atom is -0.338 e. The second kappa shape index (κ2) is 6.11. The van der Waals surface area contributed by atoms with Crippen LogP contribution in [0.4, 0.5) is 15.9 Å². The average Bonchev–Trinajstić information content (AvgIpc) is 2.98. The molecule has 0 unspecified atom stereocenters. The zero-order chi connectivity index (χ0) is 16.5. The summed E-state index contributed by atoms with van der Waals surface area (Å²) in [5, 5.41) is 8.39. The number of nitrogens with zero attached hydrogens (tertiary/aromatic N) is 2. The summed E-state index contributed by atoms with van der Waals surface area (Å²) in [5.74, 6) is 0.222. The van der Waals surface area contributed by atoms with Crippen molar-refractivity contribution in [1.82, 2.24) is 14.8 Å². The molecule has 0 atom stereocenters. The van der Waals surface area contributed by atoms with Crippen LogP contribution in [0.1, 0.15) is 38.1 Å². The Morgan fingerprint density at radius 3 is 2.62 bits per heavy atom. The van der Waals surface area contributed by atoms with Gasteiger partial charge >= 0.3 is 0 Å². The van der Waals surface area contributed by atoms with Crippen LogP contribution < -0.4 is 10.9 Å².